The molecule has 0 bridgehead atoms. The van der Waals surface area contributed by atoms with E-state index in [9.17, 15) is 0 Å². The van der Waals surface area contributed by atoms with Gasteiger partial charge in [-0.05, 0) is 0 Å². The van der Waals surface area contributed by atoms with Crippen molar-refractivity contribution in [3.63, 3.8) is 0 Å². The Balaban J connectivity index is 0. The van der Waals surface area contributed by atoms with Crippen molar-refractivity contribution in [1.82, 2.24) is 0 Å². The maximum Gasteiger partial charge on any atom is 4.00 e. The molecular weight excluding hydrogens is 900 g/mol. The van der Waals surface area contributed by atoms with E-state index in [4.69, 9.17) is 0 Å². The maximum absolute atomic E-state index is 0. The van der Waals surface area contributed by atoms with E-state index in [0.717, 1.165) is 0 Å². The van der Waals surface area contributed by atoms with E-state index in [1.165, 1.54) is 0 Å². The monoisotopic (exact) mass is 889 g/mol. The molecule has 0 saturated carbocycles. The molecular formula is Al5Cl19Zr. The maximum atomic E-state index is 0. The van der Waals surface area contributed by atoms with E-state index >= 15 is 0 Å². The Hall–Kier alpha value is 9.06. The largest absolute Gasteiger partial charge is 4.00 e. The van der Waals surface area contributed by atoms with E-state index in [1.54, 1.807) is 0 Å². The van der Waals surface area contributed by atoms with Gasteiger partial charge in [0.05, 0.1) is 0 Å². The first-order chi connectivity index (χ1) is 0. The Labute approximate surface area is 342 Å². The number of halogens is 19. The topological polar surface area (TPSA) is 0 Å². The summed E-state index contributed by atoms with van der Waals surface area (Å²) < 4.78 is 0. The Morgan fingerprint density at radius 3 is 0.120 bits per heavy atom. The second-order valence-corrected chi connectivity index (χ2v) is 0. The van der Waals surface area contributed by atoms with Gasteiger partial charge in [0.2, 0.25) is 0 Å². The molecule has 0 spiro atoms. The van der Waals surface area contributed by atoms with Crippen LogP contribution >= 0.6 is 0 Å². The van der Waals surface area contributed by atoms with Crippen LogP contribution in [0, 0.1) is 0 Å². The Kier molecular flexibility index (Phi) is 7520. The number of rotatable bonds is 0. The van der Waals surface area contributed by atoms with Crippen molar-refractivity contribution >= 4 is 86.8 Å². The van der Waals surface area contributed by atoms with Crippen molar-refractivity contribution in [2.24, 2.45) is 0 Å². The van der Waals surface area contributed by atoms with Crippen molar-refractivity contribution in [1.29, 1.82) is 0 Å². The average molecular weight is 900 g/mol. The standard InChI is InChI=1S/5Al.19ClH.Zr/h;;;;;19*1H;/q5*+3;;;;;;;;;;;;;;;;;;;;+4/p-19. The molecule has 25 heteroatoms. The van der Waals surface area contributed by atoms with Crippen LogP contribution in [-0.2, 0) is 26.2 Å². The molecule has 0 aromatic rings. The molecule has 152 valence electrons. The van der Waals surface area contributed by atoms with Crippen LogP contribution in [0.25, 0.3) is 0 Å². The van der Waals surface area contributed by atoms with Gasteiger partial charge in [-0.3, -0.25) is 0 Å². The van der Waals surface area contributed by atoms with E-state index in [-0.39, 0.29) is 349 Å². The third-order valence-electron chi connectivity index (χ3n) is 0. The predicted octanol–water partition coefficient (Wildman–Crippen LogP) is -58.8. The van der Waals surface area contributed by atoms with E-state index in [0.29, 0.717) is 0 Å². The molecule has 0 nitrogen and oxygen atoms in total. The number of hydrogen-bond acceptors (Lipinski definition) is 0. The zero-order valence-corrected chi connectivity index (χ0v) is 33.2. The van der Waals surface area contributed by atoms with E-state index in [1.807, 2.05) is 0 Å². The molecule has 0 rings (SSSR count). The molecule has 0 saturated heterocycles. The normalized spacial score (nSPS) is 0. The van der Waals surface area contributed by atoms with Crippen molar-refractivity contribution in [2.75, 3.05) is 0 Å². The quantitative estimate of drug-likeness (QED) is 0.213. The van der Waals surface area contributed by atoms with Crippen molar-refractivity contribution in [3.05, 3.63) is 0 Å². The molecule has 0 radical (unpaired) electrons. The fourth-order valence-electron chi connectivity index (χ4n) is 0. The van der Waals surface area contributed by atoms with Gasteiger partial charge in [-0.15, -0.1) is 0 Å². The molecule has 0 fully saturated rings. The molecule has 0 aliphatic heterocycles. The minimum absolute atomic E-state index is 0. The van der Waals surface area contributed by atoms with Crippen LogP contribution < -0.4 is 236 Å². The fraction of sp³-hybridized carbons (Fsp3) is 0. The predicted molar refractivity (Wildman–Crippen MR) is 28.8 cm³/mol. The smallest absolute Gasteiger partial charge is 1.00 e. The van der Waals surface area contributed by atoms with Gasteiger partial charge < -0.3 is 236 Å². The van der Waals surface area contributed by atoms with E-state index in [2.05, 4.69) is 0 Å². The molecule has 0 aromatic carbocycles. The van der Waals surface area contributed by atoms with Crippen LogP contribution in [0.4, 0.5) is 0 Å². The minimum Gasteiger partial charge on any atom is -1.00 e. The molecule has 0 atom stereocenters. The van der Waals surface area contributed by atoms with Crippen LogP contribution in [0.2, 0.25) is 0 Å². The summed E-state index contributed by atoms with van der Waals surface area (Å²) in [4.78, 5) is 0. The summed E-state index contributed by atoms with van der Waals surface area (Å²) in [6.07, 6.45) is 0. The van der Waals surface area contributed by atoms with Gasteiger partial charge in [-0.25, -0.2) is 0 Å². The summed E-state index contributed by atoms with van der Waals surface area (Å²) >= 11 is 0. The Morgan fingerprint density at radius 2 is 0.120 bits per heavy atom. The molecule has 0 amide bonds. The van der Waals surface area contributed by atoms with Gasteiger partial charge in [-0.1, -0.05) is 0 Å². The number of hydrogen-bond donors (Lipinski definition) is 0. The van der Waals surface area contributed by atoms with E-state index < -0.39 is 0 Å². The summed E-state index contributed by atoms with van der Waals surface area (Å²) in [5, 5.41) is 0. The molecule has 0 aromatic heterocycles. The summed E-state index contributed by atoms with van der Waals surface area (Å²) in [7, 11) is 0. The molecule has 0 N–H and O–H groups in total. The molecule has 0 heterocycles. The second-order valence-electron chi connectivity index (χ2n) is 0. The molecule has 0 aliphatic carbocycles. The first-order valence-electron chi connectivity index (χ1n) is 0. The Bertz CT molecular complexity index is 23.8. The second kappa shape index (κ2) is 414. The summed E-state index contributed by atoms with van der Waals surface area (Å²) in [6.45, 7) is 0. The van der Waals surface area contributed by atoms with Gasteiger partial charge >= 0.3 is 113 Å². The third kappa shape index (κ3) is 389. The SMILES string of the molecule is [Al+3].[Al+3].[Al+3].[Al+3].[Al+3].[Cl-].[Cl-].[Cl-].[Cl-].[Cl-].[Cl-].[Cl-].[Cl-].[Cl-].[Cl-].[Cl-].[Cl-].[Cl-].[Cl-].[Cl-].[Cl-].[Cl-].[Cl-].[Cl-].[Zr+4]. The van der Waals surface area contributed by atoms with Crippen molar-refractivity contribution < 1.29 is 262 Å². The first kappa shape index (κ1) is 454. The van der Waals surface area contributed by atoms with Crippen LogP contribution in [0.15, 0.2) is 0 Å². The molecule has 25 heavy (non-hydrogen) atoms. The van der Waals surface area contributed by atoms with Crippen molar-refractivity contribution in [3.8, 4) is 0 Å². The Morgan fingerprint density at radius 1 is 0.120 bits per heavy atom. The third-order valence-corrected chi connectivity index (χ3v) is 0. The average Bonchev–Trinajstić information content (AvgIpc) is 0. The first-order valence-corrected chi connectivity index (χ1v) is 0. The van der Waals surface area contributed by atoms with Crippen LogP contribution in [0.1, 0.15) is 0 Å². The summed E-state index contributed by atoms with van der Waals surface area (Å²) in [5.74, 6) is 0. The molecule has 0 unspecified atom stereocenters. The van der Waals surface area contributed by atoms with Crippen molar-refractivity contribution in [2.45, 2.75) is 0 Å². The van der Waals surface area contributed by atoms with Gasteiger partial charge in [-0.2, -0.15) is 0 Å². The van der Waals surface area contributed by atoms with Crippen LogP contribution in [-0.4, -0.2) is 86.8 Å². The van der Waals surface area contributed by atoms with Gasteiger partial charge in [0, 0.05) is 0 Å². The van der Waals surface area contributed by atoms with Gasteiger partial charge in [0.1, 0.15) is 0 Å². The summed E-state index contributed by atoms with van der Waals surface area (Å²) in [6, 6.07) is 0. The fourth-order valence-corrected chi connectivity index (χ4v) is 0. The zero-order valence-electron chi connectivity index (χ0n) is 10.6. The van der Waals surface area contributed by atoms with Gasteiger partial charge in [0.25, 0.3) is 0 Å². The molecule has 0 aliphatic rings. The minimum atomic E-state index is 0. The van der Waals surface area contributed by atoms with Crippen LogP contribution in [0.3, 0.4) is 0 Å². The summed E-state index contributed by atoms with van der Waals surface area (Å²) in [5.41, 5.74) is 0. The van der Waals surface area contributed by atoms with Gasteiger partial charge in [0.15, 0.2) is 0 Å². The zero-order chi connectivity index (χ0) is 0. The van der Waals surface area contributed by atoms with Crippen LogP contribution in [0.5, 0.6) is 0 Å².